The molecule has 1 aliphatic rings. The van der Waals surface area contributed by atoms with Gasteiger partial charge in [-0.3, -0.25) is 9.59 Å². The second-order valence-electron chi connectivity index (χ2n) is 8.79. The molecule has 1 aromatic heterocycles. The van der Waals surface area contributed by atoms with E-state index in [1.54, 1.807) is 6.92 Å². The summed E-state index contributed by atoms with van der Waals surface area (Å²) in [6.07, 6.45) is 1.99. The Morgan fingerprint density at radius 1 is 1.30 bits per heavy atom. The van der Waals surface area contributed by atoms with Gasteiger partial charge in [0.15, 0.2) is 0 Å². The summed E-state index contributed by atoms with van der Waals surface area (Å²) in [5, 5.41) is 2.92. The smallest absolute Gasteiger partial charge is 0.270 e. The number of halogens is 1. The first-order valence-electron chi connectivity index (χ1n) is 9.18. The molecule has 1 aromatic carbocycles. The summed E-state index contributed by atoms with van der Waals surface area (Å²) in [5.41, 5.74) is 0.681. The van der Waals surface area contributed by atoms with Crippen molar-refractivity contribution in [1.29, 1.82) is 0 Å². The highest BCUT2D eigenvalue weighted by molar-refractivity contribution is 5.92. The lowest BCUT2D eigenvalue weighted by Crippen LogP contribution is -2.37. The Morgan fingerprint density at radius 3 is 2.48 bits per heavy atom. The third-order valence-electron chi connectivity index (χ3n) is 5.21. The van der Waals surface area contributed by atoms with E-state index < -0.39 is 11.9 Å². The highest BCUT2D eigenvalue weighted by Gasteiger charge is 2.41. The van der Waals surface area contributed by atoms with Crippen LogP contribution in [0.4, 0.5) is 4.39 Å². The number of carbonyl (C=O) groups is 1. The molecule has 1 heterocycles. The molecule has 0 aliphatic heterocycles. The van der Waals surface area contributed by atoms with Gasteiger partial charge in [-0.1, -0.05) is 39.8 Å². The van der Waals surface area contributed by atoms with Crippen LogP contribution in [0.5, 0.6) is 0 Å². The summed E-state index contributed by atoms with van der Waals surface area (Å²) in [6.45, 7) is 9.61. The molecule has 1 amide bonds. The molecule has 0 bridgehead atoms. The predicted octanol–water partition coefficient (Wildman–Crippen LogP) is 3.79. The number of amides is 1. The minimum absolute atomic E-state index is 0.0492. The maximum atomic E-state index is 14.7. The van der Waals surface area contributed by atoms with E-state index in [4.69, 9.17) is 0 Å². The van der Waals surface area contributed by atoms with Gasteiger partial charge in [0.2, 0.25) is 0 Å². The molecule has 3 rings (SSSR count). The van der Waals surface area contributed by atoms with Crippen LogP contribution in [0.1, 0.15) is 74.0 Å². The summed E-state index contributed by atoms with van der Waals surface area (Å²) < 4.78 is 14.7. The normalized spacial score (nSPS) is 16.7. The van der Waals surface area contributed by atoms with Crippen LogP contribution in [0.15, 0.2) is 29.1 Å². The highest BCUT2D eigenvalue weighted by Crippen LogP contribution is 2.49. The third-order valence-corrected chi connectivity index (χ3v) is 5.21. The van der Waals surface area contributed by atoms with Crippen molar-refractivity contribution in [2.24, 2.45) is 5.41 Å². The number of nitrogens with zero attached hydrogens (tertiary/aromatic N) is 1. The molecule has 5 nitrogen and oxygen atoms in total. The Morgan fingerprint density at radius 2 is 1.96 bits per heavy atom. The number of nitrogens with one attached hydrogen (secondary N) is 2. The summed E-state index contributed by atoms with van der Waals surface area (Å²) in [7, 11) is 0. The van der Waals surface area contributed by atoms with Gasteiger partial charge in [-0.15, -0.1) is 0 Å². The Kier molecular flexibility index (Phi) is 4.70. The van der Waals surface area contributed by atoms with Crippen molar-refractivity contribution in [2.75, 3.05) is 0 Å². The number of hydrogen-bond donors (Lipinski definition) is 2. The summed E-state index contributed by atoms with van der Waals surface area (Å²) in [6, 6.07) is 5.97. The molecule has 2 aromatic rings. The van der Waals surface area contributed by atoms with Gasteiger partial charge in [-0.05, 0) is 47.8 Å². The van der Waals surface area contributed by atoms with E-state index in [0.717, 1.165) is 18.4 Å². The van der Waals surface area contributed by atoms with Gasteiger partial charge >= 0.3 is 0 Å². The lowest BCUT2D eigenvalue weighted by molar-refractivity contribution is 0.0896. The van der Waals surface area contributed by atoms with E-state index in [1.807, 2.05) is 32.9 Å². The van der Waals surface area contributed by atoms with E-state index in [-0.39, 0.29) is 27.9 Å². The van der Waals surface area contributed by atoms with E-state index in [0.29, 0.717) is 11.4 Å². The Balaban J connectivity index is 1.92. The molecule has 1 atom stereocenters. The number of aromatic amines is 1. The average Bonchev–Trinajstić information content (AvgIpc) is 3.28. The maximum Gasteiger partial charge on any atom is 0.270 e. The molecule has 1 saturated carbocycles. The predicted molar refractivity (Wildman–Crippen MR) is 102 cm³/mol. The van der Waals surface area contributed by atoms with Crippen molar-refractivity contribution < 1.29 is 9.18 Å². The second-order valence-corrected chi connectivity index (χ2v) is 8.79. The van der Waals surface area contributed by atoms with Crippen molar-refractivity contribution in [3.63, 3.8) is 0 Å². The van der Waals surface area contributed by atoms with E-state index in [1.165, 1.54) is 12.1 Å². The topological polar surface area (TPSA) is 74.8 Å². The molecular weight excluding hydrogens is 345 g/mol. The van der Waals surface area contributed by atoms with Crippen LogP contribution >= 0.6 is 0 Å². The van der Waals surface area contributed by atoms with Crippen LogP contribution in [0.3, 0.4) is 0 Å². The van der Waals surface area contributed by atoms with Gasteiger partial charge < -0.3 is 10.3 Å². The zero-order valence-corrected chi connectivity index (χ0v) is 16.4. The molecule has 1 aliphatic carbocycles. The van der Waals surface area contributed by atoms with Crippen LogP contribution in [-0.4, -0.2) is 15.9 Å². The fourth-order valence-corrected chi connectivity index (χ4v) is 3.36. The second kappa shape index (κ2) is 6.59. The minimum Gasteiger partial charge on any atom is -0.343 e. The third kappa shape index (κ3) is 4.10. The molecule has 6 heteroatoms. The first-order chi connectivity index (χ1) is 12.5. The molecule has 1 fully saturated rings. The zero-order chi connectivity index (χ0) is 20.0. The molecule has 0 radical (unpaired) electrons. The first-order valence-corrected chi connectivity index (χ1v) is 9.18. The minimum atomic E-state index is -0.456. The average molecular weight is 371 g/mol. The fourth-order valence-electron chi connectivity index (χ4n) is 3.36. The molecule has 144 valence electrons. The monoisotopic (exact) mass is 371 g/mol. The van der Waals surface area contributed by atoms with Gasteiger partial charge in [0, 0.05) is 6.07 Å². The zero-order valence-electron chi connectivity index (χ0n) is 16.4. The van der Waals surface area contributed by atoms with Gasteiger partial charge in [0.25, 0.3) is 11.5 Å². The van der Waals surface area contributed by atoms with E-state index >= 15 is 0 Å². The van der Waals surface area contributed by atoms with Gasteiger partial charge in [-0.25, -0.2) is 9.37 Å². The van der Waals surface area contributed by atoms with Crippen molar-refractivity contribution in [1.82, 2.24) is 15.3 Å². The summed E-state index contributed by atoms with van der Waals surface area (Å²) in [4.78, 5) is 30.9. The van der Waals surface area contributed by atoms with Crippen LogP contribution < -0.4 is 10.9 Å². The van der Waals surface area contributed by atoms with E-state index in [9.17, 15) is 14.0 Å². The number of aryl methyl sites for hydroxylation is 1. The summed E-state index contributed by atoms with van der Waals surface area (Å²) in [5.74, 6) is -0.322. The molecule has 27 heavy (non-hydrogen) atoms. The Labute approximate surface area is 158 Å². The SMILES string of the molecule is Cc1nc(C(=O)N[C@H](c2ccc(C3(C)CC3)c(F)c2)C(C)(C)C)cc(=O)[nH]1. The van der Waals surface area contributed by atoms with E-state index in [2.05, 4.69) is 22.2 Å². The Bertz CT molecular complexity index is 939. The number of benzene rings is 1. The number of aromatic nitrogens is 2. The number of H-pyrrole nitrogens is 1. The molecule has 0 saturated heterocycles. The number of rotatable bonds is 4. The van der Waals surface area contributed by atoms with Gasteiger partial charge in [0.1, 0.15) is 17.3 Å². The van der Waals surface area contributed by atoms with Gasteiger partial charge in [-0.2, -0.15) is 0 Å². The molecule has 2 N–H and O–H groups in total. The first kappa shape index (κ1) is 19.3. The van der Waals surface area contributed by atoms with Crippen LogP contribution in [0, 0.1) is 18.2 Å². The lowest BCUT2D eigenvalue weighted by Gasteiger charge is -2.32. The maximum absolute atomic E-state index is 14.7. The lowest BCUT2D eigenvalue weighted by atomic mass is 9.81. The van der Waals surface area contributed by atoms with Crippen molar-refractivity contribution >= 4 is 5.91 Å². The molecule has 0 spiro atoms. The fraction of sp³-hybridized carbons (Fsp3) is 0.476. The highest BCUT2D eigenvalue weighted by atomic mass is 19.1. The van der Waals surface area contributed by atoms with Crippen LogP contribution in [-0.2, 0) is 5.41 Å². The number of hydrogen-bond acceptors (Lipinski definition) is 3. The summed E-state index contributed by atoms with van der Waals surface area (Å²) >= 11 is 0. The molecule has 0 unspecified atom stereocenters. The van der Waals surface area contributed by atoms with Gasteiger partial charge in [0.05, 0.1) is 6.04 Å². The van der Waals surface area contributed by atoms with Crippen LogP contribution in [0.25, 0.3) is 0 Å². The standard InChI is InChI=1S/C21H26FN3O2/c1-12-23-16(11-17(26)24-12)19(27)25-18(20(2,3)4)13-6-7-14(15(22)10-13)21(5)8-9-21/h6-7,10-11,18H,8-9H2,1-5H3,(H,25,27)(H,23,24,26)/t18-/m1/s1. The molecular formula is C21H26FN3O2. The number of carbonyl (C=O) groups excluding carboxylic acids is 1. The Hall–Kier alpha value is -2.50. The largest absolute Gasteiger partial charge is 0.343 e. The van der Waals surface area contributed by atoms with Crippen molar-refractivity contribution in [3.05, 3.63) is 63.1 Å². The quantitative estimate of drug-likeness (QED) is 0.859. The van der Waals surface area contributed by atoms with Crippen LogP contribution in [0.2, 0.25) is 0 Å². The van der Waals surface area contributed by atoms with Crippen molar-refractivity contribution in [2.45, 2.75) is 58.9 Å². The van der Waals surface area contributed by atoms with Crippen molar-refractivity contribution in [3.8, 4) is 0 Å².